The van der Waals surface area contributed by atoms with Crippen LogP contribution in [0.3, 0.4) is 0 Å². The lowest BCUT2D eigenvalue weighted by atomic mass is 10.1. The van der Waals surface area contributed by atoms with E-state index in [0.717, 1.165) is 18.5 Å². The Kier molecular flexibility index (Phi) is 4.45. The van der Waals surface area contributed by atoms with E-state index in [0.29, 0.717) is 30.7 Å². The van der Waals surface area contributed by atoms with Crippen LogP contribution < -0.4 is 5.56 Å². The van der Waals surface area contributed by atoms with Gasteiger partial charge in [-0.15, -0.1) is 0 Å². The number of rotatable bonds is 3. The summed E-state index contributed by atoms with van der Waals surface area (Å²) in [5, 5.41) is 10.8. The molecule has 1 amide bonds. The number of hydrogen-bond acceptors (Lipinski definition) is 4. The molecule has 0 spiro atoms. The average molecular weight is 315 g/mol. The van der Waals surface area contributed by atoms with Crippen molar-refractivity contribution in [1.29, 1.82) is 0 Å². The largest absolute Gasteiger partial charge is 0.392 e. The van der Waals surface area contributed by atoms with Gasteiger partial charge < -0.3 is 15.0 Å². The number of piperazine rings is 1. The van der Waals surface area contributed by atoms with E-state index >= 15 is 0 Å². The first-order valence-electron chi connectivity index (χ1n) is 7.86. The van der Waals surface area contributed by atoms with Crippen molar-refractivity contribution in [2.24, 2.45) is 0 Å². The number of aliphatic hydroxyl groups excluding tert-OH is 1. The zero-order chi connectivity index (χ0) is 16.4. The number of nitrogens with one attached hydrogen (secondary N) is 1. The highest BCUT2D eigenvalue weighted by Crippen LogP contribution is 2.12. The molecule has 0 saturated carbocycles. The Labute approximate surface area is 134 Å². The first-order chi connectivity index (χ1) is 11.0. The molecule has 122 valence electrons. The predicted octanol–water partition coefficient (Wildman–Crippen LogP) is 0.667. The number of aromatic nitrogens is 1. The molecule has 23 heavy (non-hydrogen) atoms. The number of benzene rings is 1. The predicted molar refractivity (Wildman–Crippen MR) is 88.6 cm³/mol. The lowest BCUT2D eigenvalue weighted by molar-refractivity contribution is 0.0549. The van der Waals surface area contributed by atoms with Gasteiger partial charge in [0.2, 0.25) is 0 Å². The molecule has 2 N–H and O–H groups in total. The minimum absolute atomic E-state index is 0.149. The van der Waals surface area contributed by atoms with Crippen molar-refractivity contribution >= 4 is 16.7 Å². The third-order valence-electron chi connectivity index (χ3n) is 4.17. The quantitative estimate of drug-likeness (QED) is 0.873. The molecule has 2 heterocycles. The third kappa shape index (κ3) is 3.43. The van der Waals surface area contributed by atoms with E-state index in [4.69, 9.17) is 0 Å². The minimum atomic E-state index is -0.367. The summed E-state index contributed by atoms with van der Waals surface area (Å²) in [6, 6.07) is 8.98. The van der Waals surface area contributed by atoms with Gasteiger partial charge in [0.15, 0.2) is 0 Å². The van der Waals surface area contributed by atoms with E-state index in [1.807, 2.05) is 12.1 Å². The highest BCUT2D eigenvalue weighted by Gasteiger charge is 2.23. The molecule has 0 unspecified atom stereocenters. The van der Waals surface area contributed by atoms with E-state index in [2.05, 4.69) is 9.88 Å². The molecule has 1 aromatic carbocycles. The average Bonchev–Trinajstić information content (AvgIpc) is 2.54. The van der Waals surface area contributed by atoms with Crippen LogP contribution in [0, 0.1) is 0 Å². The number of aromatic amines is 1. The van der Waals surface area contributed by atoms with Gasteiger partial charge in [-0.2, -0.15) is 0 Å². The summed E-state index contributed by atoms with van der Waals surface area (Å²) in [5.74, 6) is -0.149. The van der Waals surface area contributed by atoms with Gasteiger partial charge in [-0.05, 0) is 24.4 Å². The second kappa shape index (κ2) is 6.52. The molecule has 0 bridgehead atoms. The van der Waals surface area contributed by atoms with Crippen molar-refractivity contribution in [3.63, 3.8) is 0 Å². The number of pyridine rings is 1. The van der Waals surface area contributed by atoms with E-state index in [-0.39, 0.29) is 17.6 Å². The van der Waals surface area contributed by atoms with Gasteiger partial charge in [0.1, 0.15) is 5.69 Å². The zero-order valence-corrected chi connectivity index (χ0v) is 13.2. The molecular formula is C17H21N3O3. The van der Waals surface area contributed by atoms with Gasteiger partial charge in [0, 0.05) is 38.1 Å². The van der Waals surface area contributed by atoms with Gasteiger partial charge in [-0.25, -0.2) is 0 Å². The number of aliphatic hydroxyl groups is 1. The topological polar surface area (TPSA) is 76.6 Å². The number of β-amino-alcohol motifs (C(OH)–C–C–N with tert-alkyl or cyclic N) is 1. The van der Waals surface area contributed by atoms with E-state index in [1.54, 1.807) is 30.0 Å². The van der Waals surface area contributed by atoms with Crippen LogP contribution in [0.15, 0.2) is 35.1 Å². The smallest absolute Gasteiger partial charge is 0.270 e. The normalized spacial score (nSPS) is 17.4. The number of nitrogens with zero attached hydrogens (tertiary/aromatic N) is 2. The van der Waals surface area contributed by atoms with Gasteiger partial charge in [-0.1, -0.05) is 18.2 Å². The fraction of sp³-hybridized carbons (Fsp3) is 0.412. The summed E-state index contributed by atoms with van der Waals surface area (Å²) in [4.78, 5) is 31.3. The monoisotopic (exact) mass is 315 g/mol. The molecule has 0 aliphatic carbocycles. The second-order valence-corrected chi connectivity index (χ2v) is 6.04. The van der Waals surface area contributed by atoms with Crippen molar-refractivity contribution < 1.29 is 9.90 Å². The minimum Gasteiger partial charge on any atom is -0.392 e. The lowest BCUT2D eigenvalue weighted by Gasteiger charge is -2.35. The first kappa shape index (κ1) is 15.7. The summed E-state index contributed by atoms with van der Waals surface area (Å²) in [6.07, 6.45) is -0.367. The van der Waals surface area contributed by atoms with Gasteiger partial charge in [0.05, 0.1) is 6.10 Å². The van der Waals surface area contributed by atoms with Crippen LogP contribution >= 0.6 is 0 Å². The summed E-state index contributed by atoms with van der Waals surface area (Å²) in [5.41, 5.74) is 0.0943. The fourth-order valence-corrected chi connectivity index (χ4v) is 3.00. The third-order valence-corrected chi connectivity index (χ3v) is 4.17. The molecule has 1 aliphatic heterocycles. The Morgan fingerprint density at radius 1 is 1.26 bits per heavy atom. The van der Waals surface area contributed by atoms with Gasteiger partial charge >= 0.3 is 0 Å². The number of fused-ring (bicyclic) bond motifs is 1. The van der Waals surface area contributed by atoms with Crippen molar-refractivity contribution in [3.05, 3.63) is 46.4 Å². The molecule has 6 nitrogen and oxygen atoms in total. The fourth-order valence-electron chi connectivity index (χ4n) is 3.00. The number of H-pyrrole nitrogens is 1. The zero-order valence-electron chi connectivity index (χ0n) is 13.2. The van der Waals surface area contributed by atoms with E-state index < -0.39 is 0 Å². The summed E-state index contributed by atoms with van der Waals surface area (Å²) in [6.45, 7) is 5.04. The molecule has 3 rings (SSSR count). The number of carbonyl (C=O) groups excluding carboxylic acids is 1. The number of amides is 1. The molecule has 1 atom stereocenters. The van der Waals surface area contributed by atoms with Gasteiger partial charge in [0.25, 0.3) is 11.5 Å². The SMILES string of the molecule is C[C@H](O)CN1CCN(C(=O)c2cc3ccccc3c(=O)[nH]2)CC1. The van der Waals surface area contributed by atoms with Crippen molar-refractivity contribution in [3.8, 4) is 0 Å². The molecule has 6 heteroatoms. The Hall–Kier alpha value is -2.18. The maximum Gasteiger partial charge on any atom is 0.270 e. The van der Waals surface area contributed by atoms with Crippen molar-refractivity contribution in [2.75, 3.05) is 32.7 Å². The Bertz CT molecular complexity index is 761. The molecule has 0 radical (unpaired) electrons. The highest BCUT2D eigenvalue weighted by atomic mass is 16.3. The van der Waals surface area contributed by atoms with Gasteiger partial charge in [-0.3, -0.25) is 14.5 Å². The molecule has 1 aliphatic rings. The molecule has 1 aromatic heterocycles. The number of carbonyl (C=O) groups is 1. The molecule has 1 fully saturated rings. The van der Waals surface area contributed by atoms with E-state index in [1.165, 1.54) is 0 Å². The maximum atomic E-state index is 12.6. The maximum absolute atomic E-state index is 12.6. The Morgan fingerprint density at radius 3 is 2.65 bits per heavy atom. The van der Waals surface area contributed by atoms with Crippen LogP contribution in [-0.4, -0.2) is 64.6 Å². The Balaban J connectivity index is 1.75. The summed E-state index contributed by atoms with van der Waals surface area (Å²) in [7, 11) is 0. The molecular weight excluding hydrogens is 294 g/mol. The molecule has 2 aromatic rings. The van der Waals surface area contributed by atoms with Crippen molar-refractivity contribution in [2.45, 2.75) is 13.0 Å². The highest BCUT2D eigenvalue weighted by molar-refractivity contribution is 5.96. The van der Waals surface area contributed by atoms with Crippen LogP contribution in [0.4, 0.5) is 0 Å². The molecule has 1 saturated heterocycles. The van der Waals surface area contributed by atoms with Crippen LogP contribution in [0.1, 0.15) is 17.4 Å². The van der Waals surface area contributed by atoms with Crippen molar-refractivity contribution in [1.82, 2.24) is 14.8 Å². The van der Waals surface area contributed by atoms with Crippen LogP contribution in [-0.2, 0) is 0 Å². The summed E-state index contributed by atoms with van der Waals surface area (Å²) < 4.78 is 0. The van der Waals surface area contributed by atoms with Crippen LogP contribution in [0.2, 0.25) is 0 Å². The first-order valence-corrected chi connectivity index (χ1v) is 7.86. The lowest BCUT2D eigenvalue weighted by Crippen LogP contribution is -2.50. The van der Waals surface area contributed by atoms with Crippen LogP contribution in [0.25, 0.3) is 10.8 Å². The summed E-state index contributed by atoms with van der Waals surface area (Å²) >= 11 is 0. The number of hydrogen-bond donors (Lipinski definition) is 2. The standard InChI is InChI=1S/C17H21N3O3/c1-12(21)11-19-6-8-20(9-7-19)17(23)15-10-13-4-2-3-5-14(13)16(22)18-15/h2-5,10,12,21H,6-9,11H2,1H3,(H,18,22)/t12-/m0/s1. The van der Waals surface area contributed by atoms with E-state index in [9.17, 15) is 14.7 Å². The van der Waals surface area contributed by atoms with Crippen LogP contribution in [0.5, 0.6) is 0 Å². The Morgan fingerprint density at radius 2 is 1.96 bits per heavy atom. The second-order valence-electron chi connectivity index (χ2n) is 6.04.